The van der Waals surface area contributed by atoms with Crippen LogP contribution >= 0.6 is 0 Å². The highest BCUT2D eigenvalue weighted by Gasteiger charge is 2.41. The van der Waals surface area contributed by atoms with Crippen molar-refractivity contribution in [1.82, 2.24) is 10.2 Å². The van der Waals surface area contributed by atoms with Gasteiger partial charge in [0.2, 0.25) is 0 Å². The summed E-state index contributed by atoms with van der Waals surface area (Å²) in [5.41, 5.74) is 0.170. The molecule has 0 amide bonds. The summed E-state index contributed by atoms with van der Waals surface area (Å²) in [4.78, 5) is 14.9. The van der Waals surface area contributed by atoms with Crippen LogP contribution in [-0.4, -0.2) is 44.7 Å². The molecule has 0 aliphatic carbocycles. The number of rotatable bonds is 5. The van der Waals surface area contributed by atoms with Gasteiger partial charge in [-0.1, -0.05) is 43.2 Å². The fourth-order valence-electron chi connectivity index (χ4n) is 3.13. The maximum Gasteiger partial charge on any atom is 0.332 e. The SMILES string of the molecule is CNC(CN1CCCCCC1)(C(=O)OC)c1ccccc1. The first-order chi connectivity index (χ1) is 10.2. The van der Waals surface area contributed by atoms with Crippen molar-refractivity contribution in [2.75, 3.05) is 33.8 Å². The predicted molar refractivity (Wildman–Crippen MR) is 84.1 cm³/mol. The van der Waals surface area contributed by atoms with Gasteiger partial charge in [-0.15, -0.1) is 0 Å². The fourth-order valence-corrected chi connectivity index (χ4v) is 3.13. The van der Waals surface area contributed by atoms with Crippen molar-refractivity contribution in [3.63, 3.8) is 0 Å². The van der Waals surface area contributed by atoms with Crippen LogP contribution in [0.5, 0.6) is 0 Å². The van der Waals surface area contributed by atoms with Gasteiger partial charge < -0.3 is 15.0 Å². The molecule has 0 saturated carbocycles. The molecule has 1 unspecified atom stereocenters. The number of nitrogens with zero attached hydrogens (tertiary/aromatic N) is 1. The van der Waals surface area contributed by atoms with E-state index in [9.17, 15) is 4.79 Å². The lowest BCUT2D eigenvalue weighted by Crippen LogP contribution is -2.55. The molecule has 1 aromatic rings. The molecule has 4 heteroatoms. The summed E-state index contributed by atoms with van der Waals surface area (Å²) < 4.78 is 5.11. The molecule has 1 saturated heterocycles. The van der Waals surface area contributed by atoms with Gasteiger partial charge in [0.15, 0.2) is 5.54 Å². The second kappa shape index (κ2) is 7.57. The molecule has 1 heterocycles. The van der Waals surface area contributed by atoms with Gasteiger partial charge in [0.1, 0.15) is 0 Å². The Labute approximate surface area is 127 Å². The largest absolute Gasteiger partial charge is 0.467 e. The van der Waals surface area contributed by atoms with Crippen LogP contribution in [0.1, 0.15) is 31.2 Å². The van der Waals surface area contributed by atoms with E-state index in [0.717, 1.165) is 18.7 Å². The molecule has 1 aromatic carbocycles. The molecule has 4 nitrogen and oxygen atoms in total. The average molecular weight is 290 g/mol. The van der Waals surface area contributed by atoms with E-state index in [1.165, 1.54) is 32.8 Å². The standard InChI is InChI=1S/C17H26N2O2/c1-18-17(16(20)21-2,15-10-6-5-7-11-15)14-19-12-8-3-4-9-13-19/h5-7,10-11,18H,3-4,8-9,12-14H2,1-2H3. The number of hydrogen-bond donors (Lipinski definition) is 1. The van der Waals surface area contributed by atoms with Crippen LogP contribution < -0.4 is 5.32 Å². The Morgan fingerprint density at radius 2 is 1.81 bits per heavy atom. The van der Waals surface area contributed by atoms with E-state index in [2.05, 4.69) is 10.2 Å². The van der Waals surface area contributed by atoms with Crippen molar-refractivity contribution < 1.29 is 9.53 Å². The van der Waals surface area contributed by atoms with Gasteiger partial charge in [0.05, 0.1) is 7.11 Å². The van der Waals surface area contributed by atoms with Crippen molar-refractivity contribution in [3.05, 3.63) is 35.9 Å². The van der Waals surface area contributed by atoms with E-state index < -0.39 is 5.54 Å². The maximum atomic E-state index is 12.5. The van der Waals surface area contributed by atoms with Crippen molar-refractivity contribution in [2.24, 2.45) is 0 Å². The van der Waals surface area contributed by atoms with Crippen molar-refractivity contribution in [2.45, 2.75) is 31.2 Å². The summed E-state index contributed by atoms with van der Waals surface area (Å²) in [5.74, 6) is -0.222. The highest BCUT2D eigenvalue weighted by molar-refractivity contribution is 5.83. The van der Waals surface area contributed by atoms with Gasteiger partial charge in [-0.05, 0) is 38.5 Å². The van der Waals surface area contributed by atoms with Crippen LogP contribution in [-0.2, 0) is 15.1 Å². The van der Waals surface area contributed by atoms with Crippen LogP contribution in [0.25, 0.3) is 0 Å². The van der Waals surface area contributed by atoms with Crippen LogP contribution in [0.4, 0.5) is 0 Å². The molecule has 0 spiro atoms. The summed E-state index contributed by atoms with van der Waals surface area (Å²) in [7, 11) is 3.29. The van der Waals surface area contributed by atoms with Crippen LogP contribution in [0.15, 0.2) is 30.3 Å². The first-order valence-corrected chi connectivity index (χ1v) is 7.78. The Hall–Kier alpha value is -1.39. The van der Waals surface area contributed by atoms with Crippen molar-refractivity contribution in [3.8, 4) is 0 Å². The number of likely N-dealkylation sites (tertiary alicyclic amines) is 1. The summed E-state index contributed by atoms with van der Waals surface area (Å²) in [6.45, 7) is 2.75. The van der Waals surface area contributed by atoms with E-state index in [0.29, 0.717) is 6.54 Å². The molecular weight excluding hydrogens is 264 g/mol. The Morgan fingerprint density at radius 3 is 2.33 bits per heavy atom. The number of benzene rings is 1. The Balaban J connectivity index is 2.28. The van der Waals surface area contributed by atoms with E-state index in [4.69, 9.17) is 4.74 Å². The molecule has 0 bridgehead atoms. The number of carbonyl (C=O) groups is 1. The number of nitrogens with one attached hydrogen (secondary N) is 1. The molecule has 0 radical (unpaired) electrons. The molecular formula is C17H26N2O2. The van der Waals surface area contributed by atoms with Gasteiger partial charge in [-0.2, -0.15) is 0 Å². The number of methoxy groups -OCH3 is 1. The molecule has 1 aliphatic heterocycles. The number of likely N-dealkylation sites (N-methyl/N-ethyl adjacent to an activating group) is 1. The molecule has 1 fully saturated rings. The summed E-state index contributed by atoms with van der Waals surface area (Å²) >= 11 is 0. The third kappa shape index (κ3) is 3.63. The minimum absolute atomic E-state index is 0.222. The van der Waals surface area contributed by atoms with E-state index in [1.54, 1.807) is 0 Å². The molecule has 2 rings (SSSR count). The lowest BCUT2D eigenvalue weighted by molar-refractivity contribution is -0.150. The fraction of sp³-hybridized carbons (Fsp3) is 0.588. The number of ether oxygens (including phenoxy) is 1. The van der Waals surface area contributed by atoms with Gasteiger partial charge in [0.25, 0.3) is 0 Å². The zero-order valence-corrected chi connectivity index (χ0v) is 13.1. The van der Waals surface area contributed by atoms with Crippen molar-refractivity contribution >= 4 is 5.97 Å². The normalized spacial score (nSPS) is 19.5. The van der Waals surface area contributed by atoms with Gasteiger partial charge in [-0.3, -0.25) is 0 Å². The quantitative estimate of drug-likeness (QED) is 0.844. The van der Waals surface area contributed by atoms with Gasteiger partial charge >= 0.3 is 5.97 Å². The highest BCUT2D eigenvalue weighted by Crippen LogP contribution is 2.25. The van der Waals surface area contributed by atoms with Crippen LogP contribution in [0.3, 0.4) is 0 Å². The Kier molecular flexibility index (Phi) is 5.76. The molecule has 116 valence electrons. The van der Waals surface area contributed by atoms with E-state index in [-0.39, 0.29) is 5.97 Å². The summed E-state index contributed by atoms with van der Waals surface area (Å²) in [6, 6.07) is 9.88. The monoisotopic (exact) mass is 290 g/mol. The summed E-state index contributed by atoms with van der Waals surface area (Å²) in [5, 5.41) is 3.23. The smallest absolute Gasteiger partial charge is 0.332 e. The minimum Gasteiger partial charge on any atom is -0.467 e. The number of hydrogen-bond acceptors (Lipinski definition) is 4. The minimum atomic E-state index is -0.791. The maximum absolute atomic E-state index is 12.5. The van der Waals surface area contributed by atoms with Gasteiger partial charge in [0, 0.05) is 6.54 Å². The lowest BCUT2D eigenvalue weighted by atomic mass is 9.89. The highest BCUT2D eigenvalue weighted by atomic mass is 16.5. The second-order valence-electron chi connectivity index (χ2n) is 5.70. The average Bonchev–Trinajstić information content (AvgIpc) is 2.81. The molecule has 1 atom stereocenters. The number of carbonyl (C=O) groups excluding carboxylic acids is 1. The lowest BCUT2D eigenvalue weighted by Gasteiger charge is -2.36. The molecule has 0 aromatic heterocycles. The zero-order valence-electron chi connectivity index (χ0n) is 13.1. The number of esters is 1. The van der Waals surface area contributed by atoms with E-state index in [1.807, 2.05) is 37.4 Å². The first kappa shape index (κ1) is 16.0. The van der Waals surface area contributed by atoms with Crippen LogP contribution in [0.2, 0.25) is 0 Å². The third-order valence-electron chi connectivity index (χ3n) is 4.39. The topological polar surface area (TPSA) is 41.6 Å². The Bertz CT molecular complexity index is 441. The zero-order chi connectivity index (χ0) is 15.1. The summed E-state index contributed by atoms with van der Waals surface area (Å²) in [6.07, 6.45) is 4.98. The van der Waals surface area contributed by atoms with E-state index >= 15 is 0 Å². The Morgan fingerprint density at radius 1 is 1.19 bits per heavy atom. The second-order valence-corrected chi connectivity index (χ2v) is 5.70. The first-order valence-electron chi connectivity index (χ1n) is 7.78. The molecule has 1 N–H and O–H groups in total. The third-order valence-corrected chi connectivity index (χ3v) is 4.39. The molecule has 1 aliphatic rings. The van der Waals surface area contributed by atoms with Gasteiger partial charge in [-0.25, -0.2) is 4.79 Å². The van der Waals surface area contributed by atoms with Crippen molar-refractivity contribution in [1.29, 1.82) is 0 Å². The molecule has 21 heavy (non-hydrogen) atoms. The predicted octanol–water partition coefficient (Wildman–Crippen LogP) is 2.15. The van der Waals surface area contributed by atoms with Crippen LogP contribution in [0, 0.1) is 0 Å².